The molecular formula is C23H25BrF2N2O3S. The highest BCUT2D eigenvalue weighted by Gasteiger charge is 2.60. The molecule has 0 unspecified atom stereocenters. The SMILES string of the molecule is CC(C)(C)[S@@](=O)N[C@]1(C(F)(F)COCC#N)C[C@@H](c2ccccc2)Oc2ccc(Br)cc21. The molecule has 0 saturated carbocycles. The predicted octanol–water partition coefficient (Wildman–Crippen LogP) is 5.40. The van der Waals surface area contributed by atoms with Crippen molar-refractivity contribution in [2.45, 2.75) is 49.5 Å². The van der Waals surface area contributed by atoms with Crippen molar-refractivity contribution in [1.29, 1.82) is 5.26 Å². The van der Waals surface area contributed by atoms with Gasteiger partial charge in [-0.2, -0.15) is 5.26 Å². The quantitative estimate of drug-likeness (QED) is 0.490. The van der Waals surface area contributed by atoms with Crippen LogP contribution in [0.2, 0.25) is 0 Å². The van der Waals surface area contributed by atoms with Crippen LogP contribution < -0.4 is 9.46 Å². The number of nitrogens with zero attached hydrogens (tertiary/aromatic N) is 1. The van der Waals surface area contributed by atoms with E-state index in [1.807, 2.05) is 30.3 Å². The van der Waals surface area contributed by atoms with Gasteiger partial charge in [-0.1, -0.05) is 46.3 Å². The summed E-state index contributed by atoms with van der Waals surface area (Å²) in [5, 5.41) is 8.76. The molecule has 0 bridgehead atoms. The lowest BCUT2D eigenvalue weighted by Gasteiger charge is -2.47. The van der Waals surface area contributed by atoms with Crippen molar-refractivity contribution in [1.82, 2.24) is 4.72 Å². The molecule has 0 aliphatic carbocycles. The zero-order valence-electron chi connectivity index (χ0n) is 18.0. The third-order valence-corrected chi connectivity index (χ3v) is 7.37. The van der Waals surface area contributed by atoms with Gasteiger partial charge in [-0.15, -0.1) is 0 Å². The lowest BCUT2D eigenvalue weighted by molar-refractivity contribution is -0.148. The predicted molar refractivity (Wildman–Crippen MR) is 123 cm³/mol. The van der Waals surface area contributed by atoms with Gasteiger partial charge >= 0.3 is 0 Å². The third kappa shape index (κ3) is 5.04. The number of halogens is 3. The van der Waals surface area contributed by atoms with Gasteiger partial charge in [-0.25, -0.2) is 17.7 Å². The van der Waals surface area contributed by atoms with Gasteiger partial charge in [0.15, 0.2) is 0 Å². The maximum absolute atomic E-state index is 16.0. The summed E-state index contributed by atoms with van der Waals surface area (Å²) in [6.07, 6.45) is -0.901. The molecule has 1 N–H and O–H groups in total. The molecule has 1 heterocycles. The lowest BCUT2D eigenvalue weighted by atomic mass is 9.76. The Balaban J connectivity index is 2.20. The van der Waals surface area contributed by atoms with Gasteiger partial charge in [0.05, 0.1) is 21.8 Å². The highest BCUT2D eigenvalue weighted by atomic mass is 79.9. The van der Waals surface area contributed by atoms with Crippen LogP contribution in [0.1, 0.15) is 44.4 Å². The summed E-state index contributed by atoms with van der Waals surface area (Å²) < 4.78 is 58.9. The number of hydrogen-bond donors (Lipinski definition) is 1. The van der Waals surface area contributed by atoms with Crippen LogP contribution in [-0.4, -0.2) is 28.1 Å². The third-order valence-electron chi connectivity index (χ3n) is 5.23. The molecular weight excluding hydrogens is 502 g/mol. The first-order chi connectivity index (χ1) is 15.0. The molecule has 3 rings (SSSR count). The van der Waals surface area contributed by atoms with Crippen LogP contribution in [0, 0.1) is 11.3 Å². The van der Waals surface area contributed by atoms with Crippen LogP contribution >= 0.6 is 15.9 Å². The Hall–Kier alpha value is -1.86. The number of alkyl halides is 2. The highest BCUT2D eigenvalue weighted by Crippen LogP contribution is 2.53. The van der Waals surface area contributed by atoms with Crippen molar-refractivity contribution >= 4 is 26.9 Å². The zero-order valence-corrected chi connectivity index (χ0v) is 20.4. The summed E-state index contributed by atoms with van der Waals surface area (Å²) in [5.74, 6) is -3.25. The van der Waals surface area contributed by atoms with Crippen LogP contribution in [-0.2, 0) is 21.3 Å². The standard InChI is InChI=1S/C23H25BrF2N2O3S/c1-21(2,3)32(29)28-22(23(25,26)15-30-12-11-27)14-20(16-7-5-4-6-8-16)31-19-10-9-17(24)13-18(19)22/h4-10,13,20,28H,12,14-15H2,1-3H3/t20-,22+,32+/m0/s1. The van der Waals surface area contributed by atoms with Crippen molar-refractivity contribution in [3.05, 3.63) is 64.1 Å². The Morgan fingerprint density at radius 3 is 2.59 bits per heavy atom. The first-order valence-corrected chi connectivity index (χ1v) is 12.0. The largest absolute Gasteiger partial charge is 0.485 e. The second-order valence-electron chi connectivity index (χ2n) is 8.61. The van der Waals surface area contributed by atoms with E-state index in [-0.39, 0.29) is 17.7 Å². The van der Waals surface area contributed by atoms with Crippen molar-refractivity contribution < 1.29 is 22.5 Å². The van der Waals surface area contributed by atoms with Crippen LogP contribution in [0.15, 0.2) is 53.0 Å². The maximum atomic E-state index is 16.0. The molecule has 0 amide bonds. The molecule has 0 spiro atoms. The molecule has 32 heavy (non-hydrogen) atoms. The van der Waals surface area contributed by atoms with Gasteiger partial charge in [0.25, 0.3) is 5.92 Å². The number of nitrogens with one attached hydrogen (secondary N) is 1. The summed E-state index contributed by atoms with van der Waals surface area (Å²) >= 11 is 3.36. The van der Waals surface area contributed by atoms with Crippen LogP contribution in [0.5, 0.6) is 5.75 Å². The number of hydrogen-bond acceptors (Lipinski definition) is 4. The lowest BCUT2D eigenvalue weighted by Crippen LogP contribution is -2.62. The van der Waals surface area contributed by atoms with Crippen LogP contribution in [0.3, 0.4) is 0 Å². The average molecular weight is 527 g/mol. The zero-order chi connectivity index (χ0) is 23.6. The maximum Gasteiger partial charge on any atom is 0.293 e. The van der Waals surface area contributed by atoms with Gasteiger partial charge in [0.1, 0.15) is 30.6 Å². The van der Waals surface area contributed by atoms with Crippen molar-refractivity contribution in [3.8, 4) is 11.8 Å². The normalized spacial score (nSPS) is 21.8. The summed E-state index contributed by atoms with van der Waals surface area (Å²) in [6.45, 7) is 3.65. The number of benzene rings is 2. The van der Waals surface area contributed by atoms with Gasteiger partial charge in [-0.3, -0.25) is 0 Å². The summed E-state index contributed by atoms with van der Waals surface area (Å²) in [4.78, 5) is 0. The van der Waals surface area contributed by atoms with E-state index in [1.165, 1.54) is 0 Å². The molecule has 1 aliphatic heterocycles. The van der Waals surface area contributed by atoms with Crippen LogP contribution in [0.4, 0.5) is 8.78 Å². The van der Waals surface area contributed by atoms with E-state index < -0.39 is 46.5 Å². The summed E-state index contributed by atoms with van der Waals surface area (Å²) in [7, 11) is -1.83. The van der Waals surface area contributed by atoms with E-state index in [2.05, 4.69) is 20.7 Å². The fourth-order valence-electron chi connectivity index (χ4n) is 3.55. The molecule has 0 radical (unpaired) electrons. The Labute approximate surface area is 197 Å². The van der Waals surface area contributed by atoms with Gasteiger partial charge in [0, 0.05) is 16.5 Å². The minimum absolute atomic E-state index is 0.183. The van der Waals surface area contributed by atoms with Crippen molar-refractivity contribution in [2.24, 2.45) is 0 Å². The molecule has 0 aromatic heterocycles. The Kier molecular flexibility index (Phi) is 7.40. The van der Waals surface area contributed by atoms with E-state index >= 15 is 8.78 Å². The molecule has 0 fully saturated rings. The van der Waals surface area contributed by atoms with E-state index in [0.29, 0.717) is 4.47 Å². The molecule has 9 heteroatoms. The number of nitriles is 1. The molecule has 172 valence electrons. The smallest absolute Gasteiger partial charge is 0.293 e. The second-order valence-corrected chi connectivity index (χ2v) is 11.5. The van der Waals surface area contributed by atoms with Crippen LogP contribution in [0.25, 0.3) is 0 Å². The molecule has 2 aromatic carbocycles. The molecule has 5 nitrogen and oxygen atoms in total. The Morgan fingerprint density at radius 2 is 1.97 bits per heavy atom. The van der Waals surface area contributed by atoms with Crippen molar-refractivity contribution in [2.75, 3.05) is 13.2 Å². The van der Waals surface area contributed by atoms with E-state index in [0.717, 1.165) is 5.56 Å². The molecule has 1 aliphatic rings. The van der Waals surface area contributed by atoms with Gasteiger partial charge in [-0.05, 0) is 44.5 Å². The number of ether oxygens (including phenoxy) is 2. The van der Waals surface area contributed by atoms with Crippen molar-refractivity contribution in [3.63, 3.8) is 0 Å². The molecule has 3 atom stereocenters. The summed E-state index contributed by atoms with van der Waals surface area (Å²) in [6, 6.07) is 15.7. The van der Waals surface area contributed by atoms with Gasteiger partial charge < -0.3 is 9.47 Å². The first-order valence-electron chi connectivity index (χ1n) is 10.0. The average Bonchev–Trinajstić information content (AvgIpc) is 2.73. The van der Waals surface area contributed by atoms with E-state index in [1.54, 1.807) is 45.0 Å². The minimum atomic E-state index is -3.52. The Bertz CT molecular complexity index is 1020. The second kappa shape index (κ2) is 9.56. The fraction of sp³-hybridized carbons (Fsp3) is 0.435. The Morgan fingerprint density at radius 1 is 1.28 bits per heavy atom. The minimum Gasteiger partial charge on any atom is -0.485 e. The first kappa shape index (κ1) is 24.8. The van der Waals surface area contributed by atoms with Gasteiger partial charge in [0.2, 0.25) is 0 Å². The molecule has 2 aromatic rings. The number of fused-ring (bicyclic) bond motifs is 1. The fourth-order valence-corrected chi connectivity index (χ4v) is 4.88. The number of rotatable bonds is 7. The highest BCUT2D eigenvalue weighted by molar-refractivity contribution is 9.10. The van der Waals surface area contributed by atoms with E-state index in [9.17, 15) is 4.21 Å². The topological polar surface area (TPSA) is 71.3 Å². The monoisotopic (exact) mass is 526 g/mol. The summed E-state index contributed by atoms with van der Waals surface area (Å²) in [5.41, 5.74) is -1.16. The molecule has 0 saturated heterocycles. The van der Waals surface area contributed by atoms with E-state index in [4.69, 9.17) is 14.7 Å².